The lowest BCUT2D eigenvalue weighted by Crippen LogP contribution is -1.77. The maximum absolute atomic E-state index is 4.62. The first kappa shape index (κ1) is 15.4. The first-order chi connectivity index (χ1) is 11.8. The molecule has 8 bridgehead atoms. The first-order valence-corrected chi connectivity index (χ1v) is 7.85. The predicted octanol–water partition coefficient (Wildman–Crippen LogP) is 4.27. The molecule has 3 aromatic heterocycles. The van der Waals surface area contributed by atoms with Crippen LogP contribution in [-0.4, -0.2) is 30.9 Å². The largest absolute Gasteiger partial charge is 0.355 e. The van der Waals surface area contributed by atoms with Crippen LogP contribution in [-0.2, 0) is 0 Å². The van der Waals surface area contributed by atoms with E-state index in [1.165, 1.54) is 0 Å². The first-order valence-electron chi connectivity index (χ1n) is 7.85. The molecule has 5 heteroatoms. The van der Waals surface area contributed by atoms with Gasteiger partial charge in [-0.25, -0.2) is 9.97 Å². The lowest BCUT2D eigenvalue weighted by Gasteiger charge is -1.86. The highest BCUT2D eigenvalue weighted by atomic mass is 28.1. The van der Waals surface area contributed by atoms with Gasteiger partial charge in [0.05, 0.1) is 22.8 Å². The number of rotatable bonds is 0. The van der Waals surface area contributed by atoms with Gasteiger partial charge in [-0.2, -0.15) is 0 Å². The minimum Gasteiger partial charge on any atom is -0.355 e. The Morgan fingerprint density at radius 3 is 1.28 bits per heavy atom. The zero-order chi connectivity index (χ0) is 15.9. The second-order valence-corrected chi connectivity index (χ2v) is 5.91. The Bertz CT molecular complexity index is 1080. The molecule has 0 spiro atoms. The van der Waals surface area contributed by atoms with Crippen molar-refractivity contribution in [3.63, 3.8) is 0 Å². The molecule has 4 radical (unpaired) electrons. The monoisotopic (exact) mass is 338 g/mol. The van der Waals surface area contributed by atoms with E-state index < -0.39 is 0 Å². The van der Waals surface area contributed by atoms with Crippen molar-refractivity contribution in [3.05, 3.63) is 71.3 Å². The van der Waals surface area contributed by atoms with E-state index in [1.54, 1.807) is 0 Å². The highest BCUT2D eigenvalue weighted by Gasteiger charge is 2.02. The van der Waals surface area contributed by atoms with Gasteiger partial charge in [0.15, 0.2) is 0 Å². The van der Waals surface area contributed by atoms with Crippen molar-refractivity contribution in [1.29, 1.82) is 0 Å². The van der Waals surface area contributed by atoms with Crippen molar-refractivity contribution in [3.8, 4) is 0 Å². The molecule has 25 heavy (non-hydrogen) atoms. The van der Waals surface area contributed by atoms with Crippen LogP contribution in [0.25, 0.3) is 46.4 Å². The Kier molecular flexibility index (Phi) is 3.70. The number of hydrogen-bond donors (Lipinski definition) is 2. The molecule has 0 saturated carbocycles. The molecule has 2 aliphatic heterocycles. The summed E-state index contributed by atoms with van der Waals surface area (Å²) in [7, 11) is 0. The number of H-pyrrole nitrogens is 2. The lowest BCUT2D eigenvalue weighted by molar-refractivity contribution is 1.28. The molecule has 0 saturated heterocycles. The Labute approximate surface area is 149 Å². The Balaban J connectivity index is 0.00000157. The van der Waals surface area contributed by atoms with Crippen LogP contribution in [0.2, 0.25) is 0 Å². The summed E-state index contributed by atoms with van der Waals surface area (Å²) >= 11 is 0. The van der Waals surface area contributed by atoms with Gasteiger partial charge in [0.1, 0.15) is 0 Å². The van der Waals surface area contributed by atoms with Crippen LogP contribution in [0.15, 0.2) is 48.5 Å². The number of nitrogens with zero attached hydrogens (tertiary/aromatic N) is 2. The predicted molar refractivity (Wildman–Crippen MR) is 105 cm³/mol. The number of hydrogen-bond acceptors (Lipinski definition) is 2. The second kappa shape index (κ2) is 6.03. The molecule has 5 rings (SSSR count). The maximum Gasteiger partial charge on any atom is 0.0659 e. The molecule has 3 aromatic rings. The summed E-state index contributed by atoms with van der Waals surface area (Å²) in [4.78, 5) is 16.0. The van der Waals surface area contributed by atoms with Crippen LogP contribution in [0.1, 0.15) is 22.8 Å². The van der Waals surface area contributed by atoms with Crippen molar-refractivity contribution >= 4 is 57.3 Å². The second-order valence-electron chi connectivity index (χ2n) is 5.91. The minimum atomic E-state index is 0. The summed E-state index contributed by atoms with van der Waals surface area (Å²) in [6.07, 6.45) is 8.05. The zero-order valence-corrected chi connectivity index (χ0v) is 14.3. The molecule has 2 N–H and O–H groups in total. The van der Waals surface area contributed by atoms with Gasteiger partial charge in [0.2, 0.25) is 0 Å². The summed E-state index contributed by atoms with van der Waals surface area (Å²) in [5.41, 5.74) is 7.86. The van der Waals surface area contributed by atoms with Gasteiger partial charge in [0.25, 0.3) is 0 Å². The van der Waals surface area contributed by atoms with Gasteiger partial charge >= 0.3 is 0 Å². The Morgan fingerprint density at radius 1 is 0.480 bits per heavy atom. The van der Waals surface area contributed by atoms with E-state index in [1.807, 2.05) is 42.5 Å². The molecule has 118 valence electrons. The van der Waals surface area contributed by atoms with E-state index in [0.29, 0.717) is 0 Å². The summed E-state index contributed by atoms with van der Waals surface area (Å²) in [6, 6.07) is 16.4. The van der Waals surface area contributed by atoms with E-state index in [4.69, 9.17) is 0 Å². The number of aromatic amines is 2. The standard InChI is InChI=1S/C20H14N4.Si/c1-2-14-10-16-5-6-18(23-16)12-20-8-7-19(24-20)11-17-4-3-15(22-17)9-13(1)21-14;/h1-12,21-22H;. The number of aromatic nitrogens is 4. The van der Waals surface area contributed by atoms with Crippen molar-refractivity contribution < 1.29 is 0 Å². The lowest BCUT2D eigenvalue weighted by atomic mass is 10.3. The van der Waals surface area contributed by atoms with Crippen LogP contribution in [0.4, 0.5) is 0 Å². The average Bonchev–Trinajstić information content (AvgIpc) is 3.32. The van der Waals surface area contributed by atoms with Gasteiger partial charge in [-0.3, -0.25) is 0 Å². The summed E-state index contributed by atoms with van der Waals surface area (Å²) < 4.78 is 0. The van der Waals surface area contributed by atoms with Crippen LogP contribution < -0.4 is 0 Å². The van der Waals surface area contributed by atoms with Crippen molar-refractivity contribution in [2.24, 2.45) is 0 Å². The smallest absolute Gasteiger partial charge is 0.0659 e. The Hall–Kier alpha value is -3.18. The minimum absolute atomic E-state index is 0. The molecule has 0 amide bonds. The number of fused-ring (bicyclic) bond motifs is 8. The molecular formula is C20H14N4Si. The van der Waals surface area contributed by atoms with Gasteiger partial charge < -0.3 is 9.97 Å². The SMILES string of the molecule is C1=Cc2cc3ccc(cc4ccc(cc5nc(cc1n2)C=C5)[nH]4)[nH]3.[Si]. The summed E-state index contributed by atoms with van der Waals surface area (Å²) in [6.45, 7) is 0. The van der Waals surface area contributed by atoms with Crippen molar-refractivity contribution in [2.75, 3.05) is 0 Å². The molecule has 0 fully saturated rings. The van der Waals surface area contributed by atoms with Gasteiger partial charge in [-0.15, -0.1) is 0 Å². The third-order valence-corrected chi connectivity index (χ3v) is 4.04. The summed E-state index contributed by atoms with van der Waals surface area (Å²) in [5, 5.41) is 0. The van der Waals surface area contributed by atoms with Gasteiger partial charge in [-0.1, -0.05) is 0 Å². The van der Waals surface area contributed by atoms with E-state index in [9.17, 15) is 0 Å². The van der Waals surface area contributed by atoms with E-state index in [2.05, 4.69) is 50.3 Å². The molecule has 4 nitrogen and oxygen atoms in total. The maximum atomic E-state index is 4.62. The zero-order valence-electron chi connectivity index (χ0n) is 13.3. The van der Waals surface area contributed by atoms with Crippen LogP contribution in [0.3, 0.4) is 0 Å². The fourth-order valence-electron chi connectivity index (χ4n) is 2.94. The normalized spacial score (nSPS) is 12.2. The molecule has 0 aromatic carbocycles. The molecule has 2 aliphatic rings. The fraction of sp³-hybridized carbons (Fsp3) is 0. The van der Waals surface area contributed by atoms with Crippen LogP contribution >= 0.6 is 0 Å². The van der Waals surface area contributed by atoms with Crippen LogP contribution in [0.5, 0.6) is 0 Å². The van der Waals surface area contributed by atoms with E-state index >= 15 is 0 Å². The topological polar surface area (TPSA) is 57.4 Å². The quantitative estimate of drug-likeness (QED) is 0.414. The molecule has 5 heterocycles. The highest BCUT2D eigenvalue weighted by Crippen LogP contribution is 2.17. The Morgan fingerprint density at radius 2 is 0.840 bits per heavy atom. The molecular weight excluding hydrogens is 324 g/mol. The van der Waals surface area contributed by atoms with Crippen molar-refractivity contribution in [1.82, 2.24) is 19.9 Å². The molecule has 0 atom stereocenters. The molecule has 0 aliphatic carbocycles. The van der Waals surface area contributed by atoms with Crippen LogP contribution in [0, 0.1) is 0 Å². The molecule has 0 unspecified atom stereocenters. The van der Waals surface area contributed by atoms with Gasteiger partial charge in [0, 0.05) is 33.0 Å². The fourth-order valence-corrected chi connectivity index (χ4v) is 2.94. The van der Waals surface area contributed by atoms with E-state index in [0.717, 1.165) is 44.8 Å². The van der Waals surface area contributed by atoms with E-state index in [-0.39, 0.29) is 11.0 Å². The third-order valence-electron chi connectivity index (χ3n) is 4.04. The van der Waals surface area contributed by atoms with Gasteiger partial charge in [-0.05, 0) is 72.8 Å². The number of nitrogens with one attached hydrogen (secondary N) is 2. The third kappa shape index (κ3) is 3.09. The highest BCUT2D eigenvalue weighted by molar-refractivity contribution is 5.77. The van der Waals surface area contributed by atoms with Crippen molar-refractivity contribution in [2.45, 2.75) is 0 Å². The summed E-state index contributed by atoms with van der Waals surface area (Å²) in [5.74, 6) is 0. The average molecular weight is 338 g/mol.